The third kappa shape index (κ3) is 4.49. The number of nitrogens with zero attached hydrogens (tertiary/aromatic N) is 3. The molecule has 0 atom stereocenters. The van der Waals surface area contributed by atoms with E-state index in [9.17, 15) is 4.79 Å². The molecule has 0 spiro atoms. The number of benzene rings is 1. The number of pyridine rings is 1. The summed E-state index contributed by atoms with van der Waals surface area (Å²) in [6.45, 7) is 0.619. The van der Waals surface area contributed by atoms with Gasteiger partial charge in [-0.05, 0) is 24.1 Å². The van der Waals surface area contributed by atoms with E-state index in [2.05, 4.69) is 20.5 Å². The summed E-state index contributed by atoms with van der Waals surface area (Å²) in [5, 5.41) is 10.8. The molecule has 0 saturated carbocycles. The fourth-order valence-corrected chi connectivity index (χ4v) is 2.26. The first kappa shape index (κ1) is 15.9. The normalized spacial score (nSPS) is 10.5. The van der Waals surface area contributed by atoms with Gasteiger partial charge in [-0.1, -0.05) is 30.3 Å². The summed E-state index contributed by atoms with van der Waals surface area (Å²) in [7, 11) is 0. The fraction of sp³-hybridized carbons (Fsp3) is 0.222. The first-order valence-electron chi connectivity index (χ1n) is 7.84. The van der Waals surface area contributed by atoms with Crippen molar-refractivity contribution in [2.75, 3.05) is 6.54 Å². The Morgan fingerprint density at radius 1 is 1.04 bits per heavy atom. The first-order valence-corrected chi connectivity index (χ1v) is 7.84. The summed E-state index contributed by atoms with van der Waals surface area (Å²) in [6.07, 6.45) is 4.90. The zero-order valence-corrected chi connectivity index (χ0v) is 13.2. The maximum Gasteiger partial charge on any atom is 0.249 e. The van der Waals surface area contributed by atoms with Crippen molar-refractivity contribution < 1.29 is 9.21 Å². The van der Waals surface area contributed by atoms with Gasteiger partial charge in [0.05, 0.1) is 5.56 Å². The molecule has 3 aromatic rings. The molecule has 0 aliphatic carbocycles. The molecule has 6 nitrogen and oxygen atoms in total. The van der Waals surface area contributed by atoms with Crippen molar-refractivity contribution in [3.8, 4) is 11.5 Å². The van der Waals surface area contributed by atoms with Crippen molar-refractivity contribution in [2.45, 2.75) is 19.3 Å². The van der Waals surface area contributed by atoms with Gasteiger partial charge in [0, 0.05) is 31.8 Å². The number of carbonyl (C=O) groups is 1. The molecule has 1 N–H and O–H groups in total. The second-order valence-electron chi connectivity index (χ2n) is 5.33. The lowest BCUT2D eigenvalue weighted by molar-refractivity contribution is -0.121. The summed E-state index contributed by atoms with van der Waals surface area (Å²) in [5.74, 6) is 0.849. The van der Waals surface area contributed by atoms with Crippen molar-refractivity contribution >= 4 is 5.91 Å². The Morgan fingerprint density at radius 3 is 2.71 bits per heavy atom. The van der Waals surface area contributed by atoms with Crippen molar-refractivity contribution in [1.82, 2.24) is 20.5 Å². The molecule has 0 aliphatic heterocycles. The van der Waals surface area contributed by atoms with E-state index in [1.54, 1.807) is 18.5 Å². The second-order valence-corrected chi connectivity index (χ2v) is 5.33. The number of rotatable bonds is 7. The van der Waals surface area contributed by atoms with Gasteiger partial charge in [0.15, 0.2) is 0 Å². The van der Waals surface area contributed by atoms with Gasteiger partial charge in [0.25, 0.3) is 0 Å². The van der Waals surface area contributed by atoms with Gasteiger partial charge in [0.1, 0.15) is 0 Å². The third-order valence-electron chi connectivity index (χ3n) is 3.52. The highest BCUT2D eigenvalue weighted by Gasteiger charge is 2.10. The molecule has 0 radical (unpaired) electrons. The van der Waals surface area contributed by atoms with Crippen LogP contribution in [-0.2, 0) is 17.6 Å². The lowest BCUT2D eigenvalue weighted by atomic mass is 10.1. The van der Waals surface area contributed by atoms with Crippen molar-refractivity contribution in [3.63, 3.8) is 0 Å². The Balaban J connectivity index is 1.42. The molecule has 24 heavy (non-hydrogen) atoms. The highest BCUT2D eigenvalue weighted by Crippen LogP contribution is 2.16. The summed E-state index contributed by atoms with van der Waals surface area (Å²) in [5.41, 5.74) is 1.97. The number of hydrogen-bond donors (Lipinski definition) is 1. The summed E-state index contributed by atoms with van der Waals surface area (Å²) >= 11 is 0. The van der Waals surface area contributed by atoms with E-state index >= 15 is 0 Å². The molecule has 0 unspecified atom stereocenters. The van der Waals surface area contributed by atoms with Crippen LogP contribution in [0.3, 0.4) is 0 Å². The largest absolute Gasteiger partial charge is 0.421 e. The minimum Gasteiger partial charge on any atom is -0.421 e. The minimum absolute atomic E-state index is 0.0212. The lowest BCUT2D eigenvalue weighted by Gasteiger charge is -2.04. The van der Waals surface area contributed by atoms with Crippen LogP contribution in [0, 0.1) is 0 Å². The molecule has 1 amide bonds. The Labute approximate surface area is 140 Å². The molecule has 0 saturated heterocycles. The average molecular weight is 322 g/mol. The van der Waals surface area contributed by atoms with Gasteiger partial charge < -0.3 is 9.73 Å². The minimum atomic E-state index is -0.0212. The number of hydrogen-bond acceptors (Lipinski definition) is 5. The first-order chi connectivity index (χ1) is 11.8. The van der Waals surface area contributed by atoms with Crippen LogP contribution in [0.25, 0.3) is 11.5 Å². The maximum atomic E-state index is 11.9. The van der Waals surface area contributed by atoms with Crippen LogP contribution in [0.4, 0.5) is 0 Å². The summed E-state index contributed by atoms with van der Waals surface area (Å²) in [6, 6.07) is 13.7. The van der Waals surface area contributed by atoms with E-state index in [1.165, 1.54) is 5.56 Å². The lowest BCUT2D eigenvalue weighted by Crippen LogP contribution is -2.25. The monoisotopic (exact) mass is 322 g/mol. The van der Waals surface area contributed by atoms with Gasteiger partial charge in [-0.25, -0.2) is 0 Å². The van der Waals surface area contributed by atoms with Crippen LogP contribution >= 0.6 is 0 Å². The molecule has 2 aromatic heterocycles. The second kappa shape index (κ2) is 8.01. The molecule has 3 rings (SSSR count). The van der Waals surface area contributed by atoms with Crippen LogP contribution in [0.2, 0.25) is 0 Å². The SMILES string of the molecule is O=C(CCc1nnc(-c2cccnc2)o1)NCCc1ccccc1. The Bertz CT molecular complexity index is 772. The highest BCUT2D eigenvalue weighted by atomic mass is 16.4. The standard InChI is InChI=1S/C18H18N4O2/c23-16(20-12-10-14-5-2-1-3-6-14)8-9-17-21-22-18(24-17)15-7-4-11-19-13-15/h1-7,11,13H,8-10,12H2,(H,20,23). The van der Waals surface area contributed by atoms with Crippen molar-refractivity contribution in [3.05, 3.63) is 66.3 Å². The fourth-order valence-electron chi connectivity index (χ4n) is 2.26. The number of aromatic nitrogens is 3. The molecular weight excluding hydrogens is 304 g/mol. The molecule has 1 aromatic carbocycles. The number of nitrogens with one attached hydrogen (secondary N) is 1. The van der Waals surface area contributed by atoms with Crippen LogP contribution < -0.4 is 5.32 Å². The average Bonchev–Trinajstić information content (AvgIpc) is 3.11. The zero-order chi connectivity index (χ0) is 16.6. The predicted octanol–water partition coefficient (Wildman–Crippen LogP) is 2.42. The molecule has 0 fully saturated rings. The van der Waals surface area contributed by atoms with E-state index in [0.29, 0.717) is 31.2 Å². The molecule has 2 heterocycles. The van der Waals surface area contributed by atoms with Gasteiger partial charge >= 0.3 is 0 Å². The van der Waals surface area contributed by atoms with Crippen molar-refractivity contribution in [1.29, 1.82) is 0 Å². The molecule has 6 heteroatoms. The predicted molar refractivity (Wildman–Crippen MR) is 89.0 cm³/mol. The third-order valence-corrected chi connectivity index (χ3v) is 3.52. The Morgan fingerprint density at radius 2 is 1.92 bits per heavy atom. The van der Waals surface area contributed by atoms with E-state index in [-0.39, 0.29) is 5.91 Å². The van der Waals surface area contributed by atoms with E-state index < -0.39 is 0 Å². The summed E-state index contributed by atoms with van der Waals surface area (Å²) in [4.78, 5) is 15.9. The van der Waals surface area contributed by atoms with Gasteiger partial charge in [0.2, 0.25) is 17.7 Å². The molecule has 0 aliphatic rings. The zero-order valence-electron chi connectivity index (χ0n) is 13.2. The highest BCUT2D eigenvalue weighted by molar-refractivity contribution is 5.76. The maximum absolute atomic E-state index is 11.9. The van der Waals surface area contributed by atoms with E-state index in [1.807, 2.05) is 36.4 Å². The van der Waals surface area contributed by atoms with E-state index in [0.717, 1.165) is 12.0 Å². The van der Waals surface area contributed by atoms with Crippen LogP contribution in [0.15, 0.2) is 59.3 Å². The van der Waals surface area contributed by atoms with Gasteiger partial charge in [-0.3, -0.25) is 9.78 Å². The molecule has 0 bridgehead atoms. The Hall–Kier alpha value is -3.02. The number of amides is 1. The van der Waals surface area contributed by atoms with Crippen molar-refractivity contribution in [2.24, 2.45) is 0 Å². The number of carbonyl (C=O) groups excluding carboxylic acids is 1. The summed E-state index contributed by atoms with van der Waals surface area (Å²) < 4.78 is 5.55. The molecular formula is C18H18N4O2. The van der Waals surface area contributed by atoms with Crippen LogP contribution in [-0.4, -0.2) is 27.6 Å². The number of aryl methyl sites for hydroxylation is 1. The Kier molecular flexibility index (Phi) is 5.29. The molecule has 122 valence electrons. The van der Waals surface area contributed by atoms with Crippen LogP contribution in [0.5, 0.6) is 0 Å². The van der Waals surface area contributed by atoms with Crippen LogP contribution in [0.1, 0.15) is 17.9 Å². The topological polar surface area (TPSA) is 80.9 Å². The van der Waals surface area contributed by atoms with Gasteiger partial charge in [-0.15, -0.1) is 10.2 Å². The van der Waals surface area contributed by atoms with E-state index in [4.69, 9.17) is 4.42 Å². The smallest absolute Gasteiger partial charge is 0.249 e. The van der Waals surface area contributed by atoms with Gasteiger partial charge in [-0.2, -0.15) is 0 Å². The quantitative estimate of drug-likeness (QED) is 0.722.